The molecule has 0 unspecified atom stereocenters. The van der Waals surface area contributed by atoms with Gasteiger partial charge in [0.15, 0.2) is 0 Å². The molecule has 0 aliphatic heterocycles. The fraction of sp³-hybridized carbons (Fsp3) is 0.533. The summed E-state index contributed by atoms with van der Waals surface area (Å²) in [6.45, 7) is 11.3. The molecule has 0 N–H and O–H groups in total. The molecule has 1 radical (unpaired) electrons. The standard InChI is InChI=1S/C15H21O/c1-14(2,3)11-15(4,5)13-8-6-12(10-16)7-9-13/h6-9H,11H2,1-5H3. The largest absolute Gasteiger partial charge is 0.285 e. The van der Waals surface area contributed by atoms with Crippen LogP contribution in [0.1, 0.15) is 52.2 Å². The molecule has 87 valence electrons. The molecule has 0 aliphatic carbocycles. The fourth-order valence-electron chi connectivity index (χ4n) is 2.42. The topological polar surface area (TPSA) is 17.1 Å². The van der Waals surface area contributed by atoms with Crippen molar-refractivity contribution >= 4 is 6.29 Å². The summed E-state index contributed by atoms with van der Waals surface area (Å²) in [5, 5.41) is 0. The van der Waals surface area contributed by atoms with Crippen LogP contribution in [0, 0.1) is 5.41 Å². The van der Waals surface area contributed by atoms with Gasteiger partial charge in [0.05, 0.1) is 0 Å². The number of rotatable bonds is 3. The van der Waals surface area contributed by atoms with E-state index in [0.717, 1.165) is 6.42 Å². The summed E-state index contributed by atoms with van der Waals surface area (Å²) in [6.07, 6.45) is 3.02. The van der Waals surface area contributed by atoms with Crippen LogP contribution in [0.25, 0.3) is 0 Å². The van der Waals surface area contributed by atoms with Crippen molar-refractivity contribution in [2.45, 2.75) is 46.5 Å². The maximum atomic E-state index is 10.5. The average molecular weight is 217 g/mol. The van der Waals surface area contributed by atoms with E-state index in [4.69, 9.17) is 0 Å². The zero-order valence-corrected chi connectivity index (χ0v) is 10.9. The van der Waals surface area contributed by atoms with Crippen LogP contribution >= 0.6 is 0 Å². The van der Waals surface area contributed by atoms with Gasteiger partial charge >= 0.3 is 0 Å². The summed E-state index contributed by atoms with van der Waals surface area (Å²) in [6, 6.07) is 7.75. The Morgan fingerprint density at radius 1 is 1.00 bits per heavy atom. The minimum absolute atomic E-state index is 0.139. The minimum atomic E-state index is 0.139. The van der Waals surface area contributed by atoms with Crippen molar-refractivity contribution in [3.05, 3.63) is 35.4 Å². The van der Waals surface area contributed by atoms with Crippen LogP contribution in [0.5, 0.6) is 0 Å². The van der Waals surface area contributed by atoms with E-state index in [2.05, 4.69) is 34.6 Å². The lowest BCUT2D eigenvalue weighted by Crippen LogP contribution is -2.24. The van der Waals surface area contributed by atoms with Crippen LogP contribution in [-0.4, -0.2) is 6.29 Å². The van der Waals surface area contributed by atoms with Crippen LogP contribution in [0.3, 0.4) is 0 Å². The Morgan fingerprint density at radius 3 is 1.88 bits per heavy atom. The van der Waals surface area contributed by atoms with E-state index in [0.29, 0.717) is 11.0 Å². The van der Waals surface area contributed by atoms with Crippen LogP contribution < -0.4 is 0 Å². The molecule has 0 bridgehead atoms. The molecule has 0 fully saturated rings. The lowest BCUT2D eigenvalue weighted by Gasteiger charge is -2.33. The van der Waals surface area contributed by atoms with E-state index < -0.39 is 0 Å². The SMILES string of the molecule is CC(C)(C)CC(C)(C)c1ccc([C]=O)cc1. The maximum Gasteiger partial charge on any atom is 0.233 e. The molecule has 0 spiro atoms. The third-order valence-electron chi connectivity index (χ3n) is 2.76. The molecule has 1 nitrogen and oxygen atoms in total. The lowest BCUT2D eigenvalue weighted by atomic mass is 9.72. The maximum absolute atomic E-state index is 10.5. The highest BCUT2D eigenvalue weighted by molar-refractivity contribution is 5.75. The minimum Gasteiger partial charge on any atom is -0.285 e. The second kappa shape index (κ2) is 4.40. The van der Waals surface area contributed by atoms with Gasteiger partial charge in [-0.3, -0.25) is 4.79 Å². The third kappa shape index (κ3) is 3.48. The van der Waals surface area contributed by atoms with Gasteiger partial charge in [-0.15, -0.1) is 0 Å². The van der Waals surface area contributed by atoms with Gasteiger partial charge in [-0.2, -0.15) is 0 Å². The zero-order chi connectivity index (χ0) is 12.4. The van der Waals surface area contributed by atoms with Gasteiger partial charge in [-0.05, 0) is 22.8 Å². The van der Waals surface area contributed by atoms with E-state index in [-0.39, 0.29) is 5.41 Å². The highest BCUT2D eigenvalue weighted by Gasteiger charge is 2.26. The summed E-state index contributed by atoms with van der Waals surface area (Å²) < 4.78 is 0. The number of benzene rings is 1. The summed E-state index contributed by atoms with van der Waals surface area (Å²) >= 11 is 0. The van der Waals surface area contributed by atoms with E-state index in [1.54, 1.807) is 0 Å². The van der Waals surface area contributed by atoms with Crippen molar-refractivity contribution in [1.29, 1.82) is 0 Å². The first-order valence-electron chi connectivity index (χ1n) is 5.73. The van der Waals surface area contributed by atoms with Gasteiger partial charge in [-0.25, -0.2) is 0 Å². The number of hydrogen-bond acceptors (Lipinski definition) is 1. The molecule has 0 saturated heterocycles. The Labute approximate surface area is 98.9 Å². The molecular weight excluding hydrogens is 196 g/mol. The van der Waals surface area contributed by atoms with E-state index >= 15 is 0 Å². The average Bonchev–Trinajstić information content (AvgIpc) is 2.14. The normalized spacial score (nSPS) is 12.6. The first-order valence-corrected chi connectivity index (χ1v) is 5.73. The quantitative estimate of drug-likeness (QED) is 0.751. The van der Waals surface area contributed by atoms with Crippen LogP contribution in [0.4, 0.5) is 0 Å². The van der Waals surface area contributed by atoms with Gasteiger partial charge in [0.1, 0.15) is 0 Å². The Bertz CT molecular complexity index is 352. The van der Waals surface area contributed by atoms with Crippen LogP contribution in [0.2, 0.25) is 0 Å². The lowest BCUT2D eigenvalue weighted by molar-refractivity contribution is 0.284. The first kappa shape index (κ1) is 13.0. The van der Waals surface area contributed by atoms with Crippen LogP contribution in [0.15, 0.2) is 24.3 Å². The first-order chi connectivity index (χ1) is 7.24. The van der Waals surface area contributed by atoms with E-state index in [9.17, 15) is 4.79 Å². The van der Waals surface area contributed by atoms with E-state index in [1.165, 1.54) is 5.56 Å². The Hall–Kier alpha value is -1.11. The van der Waals surface area contributed by atoms with Crippen molar-refractivity contribution in [3.63, 3.8) is 0 Å². The van der Waals surface area contributed by atoms with E-state index in [1.807, 2.05) is 30.6 Å². The monoisotopic (exact) mass is 217 g/mol. The van der Waals surface area contributed by atoms with Gasteiger partial charge in [0, 0.05) is 5.56 Å². The molecule has 0 amide bonds. The zero-order valence-electron chi connectivity index (χ0n) is 10.9. The van der Waals surface area contributed by atoms with Crippen molar-refractivity contribution in [3.8, 4) is 0 Å². The summed E-state index contributed by atoms with van der Waals surface area (Å²) in [5.74, 6) is 0. The fourth-order valence-corrected chi connectivity index (χ4v) is 2.42. The predicted octanol–water partition coefficient (Wildman–Crippen LogP) is 3.86. The molecule has 0 heterocycles. The van der Waals surface area contributed by atoms with Crippen molar-refractivity contribution in [1.82, 2.24) is 0 Å². The van der Waals surface area contributed by atoms with Crippen molar-refractivity contribution in [2.24, 2.45) is 5.41 Å². The van der Waals surface area contributed by atoms with Gasteiger partial charge < -0.3 is 0 Å². The summed E-state index contributed by atoms with van der Waals surface area (Å²) in [5.41, 5.74) is 2.34. The predicted molar refractivity (Wildman–Crippen MR) is 68.3 cm³/mol. The summed E-state index contributed by atoms with van der Waals surface area (Å²) in [7, 11) is 0. The molecular formula is C15H21O. The summed E-state index contributed by atoms with van der Waals surface area (Å²) in [4.78, 5) is 10.5. The molecule has 0 saturated carbocycles. The second-order valence-electron chi connectivity index (χ2n) is 6.30. The molecule has 1 heteroatoms. The Balaban J connectivity index is 2.93. The van der Waals surface area contributed by atoms with Gasteiger partial charge in [-0.1, -0.05) is 58.9 Å². The molecule has 1 aromatic carbocycles. The third-order valence-corrected chi connectivity index (χ3v) is 2.76. The smallest absolute Gasteiger partial charge is 0.233 e. The van der Waals surface area contributed by atoms with Crippen molar-refractivity contribution in [2.75, 3.05) is 0 Å². The molecule has 1 aromatic rings. The highest BCUT2D eigenvalue weighted by atomic mass is 16.1. The molecule has 0 atom stereocenters. The Kier molecular flexibility index (Phi) is 3.57. The van der Waals surface area contributed by atoms with Gasteiger partial charge in [0.2, 0.25) is 6.29 Å². The second-order valence-corrected chi connectivity index (χ2v) is 6.30. The Morgan fingerprint density at radius 2 is 1.50 bits per heavy atom. The number of hydrogen-bond donors (Lipinski definition) is 0. The molecule has 1 rings (SSSR count). The molecule has 0 aromatic heterocycles. The number of carbonyl (C=O) groups excluding carboxylic acids is 1. The van der Waals surface area contributed by atoms with Gasteiger partial charge in [0.25, 0.3) is 0 Å². The molecule has 0 aliphatic rings. The highest BCUT2D eigenvalue weighted by Crippen LogP contribution is 2.35. The van der Waals surface area contributed by atoms with Crippen molar-refractivity contribution < 1.29 is 4.79 Å². The molecule has 16 heavy (non-hydrogen) atoms. The van der Waals surface area contributed by atoms with Crippen LogP contribution in [-0.2, 0) is 10.2 Å².